The molecule has 0 aromatic heterocycles. The van der Waals surface area contributed by atoms with Crippen molar-refractivity contribution >= 4 is 5.91 Å². The molecule has 0 aromatic rings. The lowest BCUT2D eigenvalue weighted by Gasteiger charge is -2.29. The quantitative estimate of drug-likeness (QED) is 0.762. The molecule has 1 aliphatic carbocycles. The average Bonchev–Trinajstić information content (AvgIpc) is 3.15. The maximum Gasteiger partial charge on any atom is 0.241 e. The fourth-order valence-corrected chi connectivity index (χ4v) is 2.97. The second-order valence-electron chi connectivity index (χ2n) is 6.44. The van der Waals surface area contributed by atoms with Gasteiger partial charge in [-0.3, -0.25) is 10.1 Å². The van der Waals surface area contributed by atoms with Crippen LogP contribution in [0.2, 0.25) is 0 Å². The lowest BCUT2D eigenvalue weighted by Crippen LogP contribution is -2.44. The monoisotopic (exact) mass is 267 g/mol. The number of rotatable bonds is 7. The lowest BCUT2D eigenvalue weighted by molar-refractivity contribution is -0.130. The Bertz CT molecular complexity index is 315. The summed E-state index contributed by atoms with van der Waals surface area (Å²) >= 11 is 0. The Kier molecular flexibility index (Phi) is 4.85. The van der Waals surface area contributed by atoms with Crippen LogP contribution < -0.4 is 5.32 Å². The first kappa shape index (κ1) is 14.8. The summed E-state index contributed by atoms with van der Waals surface area (Å²) in [6, 6.07) is 0.818. The van der Waals surface area contributed by atoms with Gasteiger partial charge in [0.2, 0.25) is 5.91 Å². The van der Waals surface area contributed by atoms with E-state index in [1.54, 1.807) is 0 Å². The van der Waals surface area contributed by atoms with Gasteiger partial charge in [0.05, 0.1) is 12.2 Å². The molecule has 4 heteroatoms. The van der Waals surface area contributed by atoms with Crippen molar-refractivity contribution in [2.75, 3.05) is 20.1 Å². The topological polar surface area (TPSA) is 35.6 Å². The highest BCUT2D eigenvalue weighted by atomic mass is 16.2. The van der Waals surface area contributed by atoms with Gasteiger partial charge in [-0.1, -0.05) is 27.2 Å². The van der Waals surface area contributed by atoms with Crippen molar-refractivity contribution in [1.29, 1.82) is 0 Å². The molecule has 2 atom stereocenters. The predicted molar refractivity (Wildman–Crippen MR) is 77.8 cm³/mol. The first-order chi connectivity index (χ1) is 9.04. The average molecular weight is 267 g/mol. The normalized spacial score (nSPS) is 27.9. The Morgan fingerprint density at radius 2 is 2.11 bits per heavy atom. The third-order valence-corrected chi connectivity index (χ3v) is 4.36. The molecule has 1 saturated carbocycles. The summed E-state index contributed by atoms with van der Waals surface area (Å²) in [5.74, 6) is 0.779. The standard InChI is InChI=1S/C15H29N3O/c1-5-6-13-15(19)18(14(16-13)11(2)3)10-9-17(4)12-7-8-12/h11-14,16H,5-10H2,1-4H3. The molecule has 1 N–H and O–H groups in total. The third-order valence-electron chi connectivity index (χ3n) is 4.36. The van der Waals surface area contributed by atoms with E-state index in [9.17, 15) is 4.79 Å². The Morgan fingerprint density at radius 3 is 2.63 bits per heavy atom. The van der Waals surface area contributed by atoms with Crippen molar-refractivity contribution in [2.45, 2.75) is 64.7 Å². The van der Waals surface area contributed by atoms with Crippen molar-refractivity contribution < 1.29 is 4.79 Å². The molecule has 1 amide bonds. The molecule has 110 valence electrons. The Hall–Kier alpha value is -0.610. The predicted octanol–water partition coefficient (Wildman–Crippen LogP) is 1.66. The van der Waals surface area contributed by atoms with E-state index in [-0.39, 0.29) is 12.2 Å². The Morgan fingerprint density at radius 1 is 1.42 bits per heavy atom. The summed E-state index contributed by atoms with van der Waals surface area (Å²) in [5.41, 5.74) is 0. The van der Waals surface area contributed by atoms with Gasteiger partial charge in [0, 0.05) is 19.1 Å². The molecule has 0 aromatic carbocycles. The van der Waals surface area contributed by atoms with E-state index in [0.29, 0.717) is 11.8 Å². The first-order valence-electron chi connectivity index (χ1n) is 7.81. The minimum Gasteiger partial charge on any atom is -0.324 e. The highest BCUT2D eigenvalue weighted by molar-refractivity contribution is 5.84. The molecule has 0 bridgehead atoms. The summed E-state index contributed by atoms with van der Waals surface area (Å²) in [5, 5.41) is 3.52. The van der Waals surface area contributed by atoms with Gasteiger partial charge in [0.1, 0.15) is 0 Å². The van der Waals surface area contributed by atoms with Crippen LogP contribution in [0.25, 0.3) is 0 Å². The van der Waals surface area contributed by atoms with Gasteiger partial charge in [-0.2, -0.15) is 0 Å². The zero-order valence-corrected chi connectivity index (χ0v) is 12.9. The number of hydrogen-bond donors (Lipinski definition) is 1. The van der Waals surface area contributed by atoms with E-state index in [0.717, 1.165) is 32.0 Å². The number of nitrogens with one attached hydrogen (secondary N) is 1. The second kappa shape index (κ2) is 6.23. The molecule has 2 rings (SSSR count). The Balaban J connectivity index is 1.92. The number of carbonyl (C=O) groups excluding carboxylic acids is 1. The second-order valence-corrected chi connectivity index (χ2v) is 6.44. The van der Waals surface area contributed by atoms with Crippen LogP contribution in [-0.4, -0.2) is 54.1 Å². The fraction of sp³-hybridized carbons (Fsp3) is 0.933. The number of amides is 1. The third kappa shape index (κ3) is 3.48. The SMILES string of the molecule is CCCC1NC(C(C)C)N(CCN(C)C2CC2)C1=O. The number of carbonyl (C=O) groups is 1. The van der Waals surface area contributed by atoms with E-state index in [1.807, 2.05) is 0 Å². The molecule has 4 nitrogen and oxygen atoms in total. The maximum absolute atomic E-state index is 12.5. The van der Waals surface area contributed by atoms with Crippen LogP contribution in [0.15, 0.2) is 0 Å². The first-order valence-corrected chi connectivity index (χ1v) is 7.81. The lowest BCUT2D eigenvalue weighted by atomic mass is 10.1. The minimum atomic E-state index is 0.0450. The van der Waals surface area contributed by atoms with Crippen molar-refractivity contribution in [3.05, 3.63) is 0 Å². The zero-order valence-electron chi connectivity index (χ0n) is 12.9. The summed E-state index contributed by atoms with van der Waals surface area (Å²) < 4.78 is 0. The van der Waals surface area contributed by atoms with Gasteiger partial charge in [0.25, 0.3) is 0 Å². The highest BCUT2D eigenvalue weighted by Gasteiger charge is 2.39. The zero-order chi connectivity index (χ0) is 14.0. The molecular weight excluding hydrogens is 238 g/mol. The van der Waals surface area contributed by atoms with Crippen LogP contribution in [0, 0.1) is 5.92 Å². The van der Waals surface area contributed by atoms with Crippen LogP contribution in [0.4, 0.5) is 0 Å². The van der Waals surface area contributed by atoms with E-state index in [1.165, 1.54) is 12.8 Å². The van der Waals surface area contributed by atoms with Crippen LogP contribution in [0.5, 0.6) is 0 Å². The van der Waals surface area contributed by atoms with Gasteiger partial charge in [-0.25, -0.2) is 0 Å². The Labute approximate surface area is 117 Å². The van der Waals surface area contributed by atoms with Gasteiger partial charge in [-0.05, 0) is 32.2 Å². The minimum absolute atomic E-state index is 0.0450. The fourth-order valence-electron chi connectivity index (χ4n) is 2.97. The summed E-state index contributed by atoms with van der Waals surface area (Å²) in [7, 11) is 2.18. The molecule has 1 aliphatic heterocycles. The maximum atomic E-state index is 12.5. The van der Waals surface area contributed by atoms with Crippen molar-refractivity contribution in [3.8, 4) is 0 Å². The van der Waals surface area contributed by atoms with Crippen molar-refractivity contribution in [2.24, 2.45) is 5.92 Å². The number of hydrogen-bond acceptors (Lipinski definition) is 3. The summed E-state index contributed by atoms with van der Waals surface area (Å²) in [6.07, 6.45) is 4.89. The number of likely N-dealkylation sites (N-methyl/N-ethyl adjacent to an activating group) is 1. The van der Waals surface area contributed by atoms with Gasteiger partial charge < -0.3 is 9.80 Å². The van der Waals surface area contributed by atoms with Crippen molar-refractivity contribution in [3.63, 3.8) is 0 Å². The molecule has 2 fully saturated rings. The van der Waals surface area contributed by atoms with Crippen LogP contribution in [0.3, 0.4) is 0 Å². The van der Waals surface area contributed by atoms with E-state index in [2.05, 4.69) is 42.9 Å². The summed E-state index contributed by atoms with van der Waals surface area (Å²) in [4.78, 5) is 16.9. The van der Waals surface area contributed by atoms with Crippen molar-refractivity contribution in [1.82, 2.24) is 15.1 Å². The van der Waals surface area contributed by atoms with E-state index < -0.39 is 0 Å². The van der Waals surface area contributed by atoms with E-state index in [4.69, 9.17) is 0 Å². The largest absolute Gasteiger partial charge is 0.324 e. The van der Waals surface area contributed by atoms with Crippen LogP contribution in [0.1, 0.15) is 46.5 Å². The molecular formula is C15H29N3O. The van der Waals surface area contributed by atoms with Gasteiger partial charge in [0.15, 0.2) is 0 Å². The molecule has 1 heterocycles. The van der Waals surface area contributed by atoms with Gasteiger partial charge in [-0.15, -0.1) is 0 Å². The van der Waals surface area contributed by atoms with Gasteiger partial charge >= 0.3 is 0 Å². The number of nitrogens with zero attached hydrogens (tertiary/aromatic N) is 2. The summed E-state index contributed by atoms with van der Waals surface area (Å²) in [6.45, 7) is 8.39. The highest BCUT2D eigenvalue weighted by Crippen LogP contribution is 2.26. The molecule has 2 aliphatic rings. The molecule has 0 spiro atoms. The molecule has 1 saturated heterocycles. The molecule has 2 unspecified atom stereocenters. The molecule has 0 radical (unpaired) electrons. The molecule has 19 heavy (non-hydrogen) atoms. The van der Waals surface area contributed by atoms with Crippen LogP contribution >= 0.6 is 0 Å². The van der Waals surface area contributed by atoms with Crippen LogP contribution in [-0.2, 0) is 4.79 Å². The van der Waals surface area contributed by atoms with E-state index >= 15 is 0 Å². The smallest absolute Gasteiger partial charge is 0.241 e.